The highest BCUT2D eigenvalue weighted by Gasteiger charge is 2.22. The molecule has 0 bridgehead atoms. The number of aliphatic carboxylic acids is 1. The van der Waals surface area contributed by atoms with Crippen molar-refractivity contribution in [2.45, 2.75) is 219 Å². The van der Waals surface area contributed by atoms with E-state index in [0.717, 1.165) is 83.5 Å². The number of ether oxygens (including phenoxy) is 4. The van der Waals surface area contributed by atoms with E-state index in [-0.39, 0.29) is 38.6 Å². The van der Waals surface area contributed by atoms with E-state index in [0.29, 0.717) is 17.4 Å². The second kappa shape index (κ2) is 47.2. The largest absolute Gasteiger partial charge is 0.545 e. The van der Waals surface area contributed by atoms with Crippen molar-refractivity contribution < 1.29 is 42.9 Å². The first-order chi connectivity index (χ1) is 31.6. The van der Waals surface area contributed by atoms with Crippen LogP contribution in [0.25, 0.3) is 0 Å². The Hall–Kier alpha value is -3.27. The number of quaternary nitrogens is 1. The maximum Gasteiger partial charge on any atom is 0.306 e. The van der Waals surface area contributed by atoms with Gasteiger partial charge < -0.3 is 33.3 Å². The van der Waals surface area contributed by atoms with Crippen molar-refractivity contribution in [3.05, 3.63) is 72.9 Å². The summed E-state index contributed by atoms with van der Waals surface area (Å²) in [6.07, 6.45) is 56.4. The first kappa shape index (κ1) is 61.7. The van der Waals surface area contributed by atoms with E-state index < -0.39 is 24.3 Å². The summed E-state index contributed by atoms with van der Waals surface area (Å²) in [5.41, 5.74) is 0. The highest BCUT2D eigenvalue weighted by molar-refractivity contribution is 5.70. The van der Waals surface area contributed by atoms with Gasteiger partial charge in [-0.05, 0) is 83.5 Å². The van der Waals surface area contributed by atoms with Gasteiger partial charge in [0.2, 0.25) is 0 Å². The number of nitrogens with zero attached hydrogens (tertiary/aromatic N) is 1. The molecule has 9 heteroatoms. The fourth-order valence-corrected chi connectivity index (χ4v) is 6.91. The average Bonchev–Trinajstić information content (AvgIpc) is 3.27. The zero-order valence-corrected chi connectivity index (χ0v) is 42.3. The van der Waals surface area contributed by atoms with E-state index in [1.165, 1.54) is 89.9 Å². The van der Waals surface area contributed by atoms with Gasteiger partial charge in [-0.2, -0.15) is 0 Å². The smallest absolute Gasteiger partial charge is 0.306 e. The predicted molar refractivity (Wildman–Crippen MR) is 269 cm³/mol. The molecule has 0 aliphatic heterocycles. The van der Waals surface area contributed by atoms with Gasteiger partial charge in [-0.25, -0.2) is 0 Å². The zero-order chi connectivity index (χ0) is 47.7. The first-order valence-corrected chi connectivity index (χ1v) is 26.1. The Labute approximate surface area is 398 Å². The predicted octanol–water partition coefficient (Wildman–Crippen LogP) is 13.3. The molecule has 0 N–H and O–H groups in total. The number of unbranched alkanes of at least 4 members (excludes halogenated alkanes) is 20. The van der Waals surface area contributed by atoms with Gasteiger partial charge >= 0.3 is 11.9 Å². The van der Waals surface area contributed by atoms with Crippen molar-refractivity contribution in [1.29, 1.82) is 0 Å². The number of carboxylic acid groups (broad SMARTS) is 1. The van der Waals surface area contributed by atoms with Gasteiger partial charge in [0.15, 0.2) is 12.4 Å². The Bertz CT molecular complexity index is 1290. The van der Waals surface area contributed by atoms with Crippen LogP contribution >= 0.6 is 0 Å². The van der Waals surface area contributed by atoms with Crippen LogP contribution < -0.4 is 5.11 Å². The summed E-state index contributed by atoms with van der Waals surface area (Å²) < 4.78 is 22.6. The molecule has 9 nitrogen and oxygen atoms in total. The van der Waals surface area contributed by atoms with E-state index >= 15 is 0 Å². The highest BCUT2D eigenvalue weighted by Crippen LogP contribution is 2.14. The number of hydrogen-bond donors (Lipinski definition) is 0. The zero-order valence-electron chi connectivity index (χ0n) is 42.3. The van der Waals surface area contributed by atoms with Crippen LogP contribution in [0.15, 0.2) is 72.9 Å². The van der Waals surface area contributed by atoms with Crippen LogP contribution in [0.3, 0.4) is 0 Å². The molecule has 0 aromatic rings. The molecule has 2 unspecified atom stereocenters. The van der Waals surface area contributed by atoms with E-state index in [1.54, 1.807) is 0 Å². The molecule has 0 saturated heterocycles. The molecule has 0 saturated carbocycles. The number of allylic oxidation sites excluding steroid dienone is 12. The molecule has 0 aromatic carbocycles. The molecule has 0 aliphatic carbocycles. The van der Waals surface area contributed by atoms with Crippen LogP contribution in [0.1, 0.15) is 206 Å². The number of esters is 2. The number of carbonyl (C=O) groups excluding carboxylic acids is 3. The molecular formula is C56H97NO8. The van der Waals surface area contributed by atoms with Gasteiger partial charge in [0.05, 0.1) is 40.3 Å². The molecule has 65 heavy (non-hydrogen) atoms. The third-order valence-corrected chi connectivity index (χ3v) is 10.9. The molecule has 374 valence electrons. The lowest BCUT2D eigenvalue weighted by atomic mass is 10.1. The van der Waals surface area contributed by atoms with Crippen molar-refractivity contribution in [2.24, 2.45) is 0 Å². The Kier molecular flexibility index (Phi) is 44.9. The summed E-state index contributed by atoms with van der Waals surface area (Å²) in [4.78, 5) is 37.2. The van der Waals surface area contributed by atoms with Crippen molar-refractivity contribution in [2.75, 3.05) is 47.5 Å². The third-order valence-electron chi connectivity index (χ3n) is 10.9. The molecule has 0 aliphatic rings. The Morgan fingerprint density at radius 3 is 1.31 bits per heavy atom. The molecule has 0 fully saturated rings. The third kappa shape index (κ3) is 48.5. The van der Waals surface area contributed by atoms with Gasteiger partial charge in [0, 0.05) is 12.8 Å². The van der Waals surface area contributed by atoms with E-state index in [1.807, 2.05) is 21.1 Å². The lowest BCUT2D eigenvalue weighted by Crippen LogP contribution is -2.44. The lowest BCUT2D eigenvalue weighted by Gasteiger charge is -2.26. The Balaban J connectivity index is 4.36. The minimum absolute atomic E-state index is 0.142. The van der Waals surface area contributed by atoms with Gasteiger partial charge in [0.25, 0.3) is 0 Å². The number of hydrogen-bond acceptors (Lipinski definition) is 8. The van der Waals surface area contributed by atoms with E-state index in [4.69, 9.17) is 18.9 Å². The maximum atomic E-state index is 12.8. The summed E-state index contributed by atoms with van der Waals surface area (Å²) >= 11 is 0. The van der Waals surface area contributed by atoms with Gasteiger partial charge in [-0.1, -0.05) is 183 Å². The number of rotatable bonds is 47. The number of likely N-dealkylation sites (N-methyl/N-ethyl adjacent to an activating group) is 1. The number of carbonyl (C=O) groups is 3. The van der Waals surface area contributed by atoms with Crippen LogP contribution in [0.5, 0.6) is 0 Å². The lowest BCUT2D eigenvalue weighted by molar-refractivity contribution is -0.870. The molecule has 2 atom stereocenters. The van der Waals surface area contributed by atoms with E-state index in [9.17, 15) is 19.5 Å². The summed E-state index contributed by atoms with van der Waals surface area (Å²) in [6.45, 7) is 4.59. The average molecular weight is 912 g/mol. The molecule has 0 heterocycles. The normalized spacial score (nSPS) is 13.4. The Morgan fingerprint density at radius 2 is 0.877 bits per heavy atom. The standard InChI is InChI=1S/C56H97NO8/c1-6-8-10-12-14-16-18-20-22-24-26-27-29-31-33-35-37-39-41-43-45-47-54(59)65-52(51-64-56(55(60)61)62-49-48-57(3,4)5)50-63-53(58)46-44-42-40-38-36-34-32-30-28-25-23-21-19-17-15-13-11-9-7-2/h8,10,14-17,20-23,26-27,52,56H,6-7,9,11-13,18-19,24-25,28-51H2,1-5H3/b10-8-,16-14-,17-15-,22-20-,23-21-,27-26-. The minimum atomic E-state index is -1.63. The highest BCUT2D eigenvalue weighted by atomic mass is 16.7. The molecule has 0 rings (SSSR count). The monoisotopic (exact) mass is 912 g/mol. The fourth-order valence-electron chi connectivity index (χ4n) is 6.91. The SMILES string of the molecule is CC/C=C\C/C=C\C/C=C\C/C=C\CCCCCCCCCCC(=O)OC(COC(=O)CCCCCCCCCCC/C=C\C/C=C\CCCCC)COC(OCC[N+](C)(C)C)C(=O)[O-]. The Morgan fingerprint density at radius 1 is 0.477 bits per heavy atom. The van der Waals surface area contributed by atoms with Crippen LogP contribution in [-0.4, -0.2) is 82.3 Å². The second-order valence-electron chi connectivity index (χ2n) is 18.4. The molecule has 0 spiro atoms. The van der Waals surface area contributed by atoms with Crippen LogP contribution in [0, 0.1) is 0 Å². The minimum Gasteiger partial charge on any atom is -0.545 e. The van der Waals surface area contributed by atoms with Gasteiger partial charge in [-0.15, -0.1) is 0 Å². The molecular weight excluding hydrogens is 815 g/mol. The van der Waals surface area contributed by atoms with Crippen LogP contribution in [0.2, 0.25) is 0 Å². The van der Waals surface area contributed by atoms with Crippen molar-refractivity contribution in [1.82, 2.24) is 0 Å². The van der Waals surface area contributed by atoms with Crippen molar-refractivity contribution in [3.8, 4) is 0 Å². The van der Waals surface area contributed by atoms with E-state index in [2.05, 4.69) is 86.8 Å². The molecule has 0 amide bonds. The summed E-state index contributed by atoms with van der Waals surface area (Å²) in [7, 11) is 5.91. The van der Waals surface area contributed by atoms with Crippen LogP contribution in [-0.2, 0) is 33.3 Å². The van der Waals surface area contributed by atoms with Gasteiger partial charge in [0.1, 0.15) is 13.2 Å². The molecule has 0 aromatic heterocycles. The quantitative estimate of drug-likeness (QED) is 0.0195. The summed E-state index contributed by atoms with van der Waals surface area (Å²) in [6, 6.07) is 0. The van der Waals surface area contributed by atoms with Crippen molar-refractivity contribution in [3.63, 3.8) is 0 Å². The summed E-state index contributed by atoms with van der Waals surface area (Å²) in [5, 5.41) is 11.7. The first-order valence-electron chi connectivity index (χ1n) is 26.1. The maximum absolute atomic E-state index is 12.8. The van der Waals surface area contributed by atoms with Crippen LogP contribution in [0.4, 0.5) is 0 Å². The number of carboxylic acids is 1. The summed E-state index contributed by atoms with van der Waals surface area (Å²) in [5.74, 6) is -2.30. The molecule has 0 radical (unpaired) electrons. The second-order valence-corrected chi connectivity index (χ2v) is 18.4. The van der Waals surface area contributed by atoms with Crippen molar-refractivity contribution >= 4 is 17.9 Å². The van der Waals surface area contributed by atoms with Gasteiger partial charge in [-0.3, -0.25) is 9.59 Å². The topological polar surface area (TPSA) is 111 Å². The fraction of sp³-hybridized carbons (Fsp3) is 0.732.